The summed E-state index contributed by atoms with van der Waals surface area (Å²) in [4.78, 5) is 4.89. The summed E-state index contributed by atoms with van der Waals surface area (Å²) < 4.78 is 30.1. The van der Waals surface area contributed by atoms with Gasteiger partial charge in [-0.15, -0.1) is 0 Å². The fourth-order valence-electron chi connectivity index (χ4n) is 7.35. The molecule has 3 saturated carbocycles. The van der Waals surface area contributed by atoms with Crippen LogP contribution in [0.15, 0.2) is 17.1 Å². The van der Waals surface area contributed by atoms with Gasteiger partial charge >= 0.3 is 0 Å². The van der Waals surface area contributed by atoms with Crippen molar-refractivity contribution in [3.63, 3.8) is 0 Å². The molecule has 4 rings (SSSR count). The van der Waals surface area contributed by atoms with E-state index in [-0.39, 0.29) is 39.8 Å². The van der Waals surface area contributed by atoms with Crippen molar-refractivity contribution in [2.45, 2.75) is 129 Å². The molecule has 2 bridgehead atoms. The van der Waals surface area contributed by atoms with Crippen molar-refractivity contribution >= 4 is 16.2 Å². The van der Waals surface area contributed by atoms with Crippen molar-refractivity contribution in [1.29, 1.82) is 0 Å². The third kappa shape index (κ3) is 5.44. The first-order valence-electron chi connectivity index (χ1n) is 14.5. The minimum Gasteiger partial charge on any atom is -0.507 e. The SMILES string of the molecule is CC(C)(C)c1cc(C=N[C@@H]2CCCC[C@H]2NS(=O)(=O)C[C@]23CC[C@H](C[C@H]2O)C3(C)C)c(O)c(C(C)(C)C)c1. The molecule has 6 nitrogen and oxygen atoms in total. The second-order valence-electron chi connectivity index (χ2n) is 14.9. The first kappa shape index (κ1) is 29.5. The summed E-state index contributed by atoms with van der Waals surface area (Å²) in [5, 5.41) is 22.0. The predicted octanol–water partition coefficient (Wildman–Crippen LogP) is 5.82. The van der Waals surface area contributed by atoms with E-state index < -0.39 is 21.5 Å². The number of benzene rings is 1. The first-order chi connectivity index (χ1) is 17.4. The van der Waals surface area contributed by atoms with E-state index in [4.69, 9.17) is 4.99 Å². The maximum Gasteiger partial charge on any atom is 0.212 e. The third-order valence-corrected chi connectivity index (χ3v) is 11.7. The molecule has 0 radical (unpaired) electrons. The molecule has 38 heavy (non-hydrogen) atoms. The number of nitrogens with one attached hydrogen (secondary N) is 1. The van der Waals surface area contributed by atoms with Crippen LogP contribution in [0, 0.1) is 16.7 Å². The number of nitrogens with zero attached hydrogens (tertiary/aromatic N) is 1. The molecular formula is C31H50N2O4S. The Morgan fingerprint density at radius 3 is 2.26 bits per heavy atom. The number of hydrogen-bond acceptors (Lipinski definition) is 5. The zero-order valence-electron chi connectivity index (χ0n) is 24.8. The Hall–Kier alpha value is -1.44. The van der Waals surface area contributed by atoms with Crippen LogP contribution in [-0.2, 0) is 20.9 Å². The van der Waals surface area contributed by atoms with E-state index in [0.717, 1.165) is 49.7 Å². The van der Waals surface area contributed by atoms with Gasteiger partial charge in [0.25, 0.3) is 0 Å². The first-order valence-corrected chi connectivity index (χ1v) is 16.1. The monoisotopic (exact) mass is 546 g/mol. The molecule has 0 aliphatic heterocycles. The van der Waals surface area contributed by atoms with Crippen LogP contribution in [0.2, 0.25) is 0 Å². The molecule has 3 N–H and O–H groups in total. The zero-order valence-corrected chi connectivity index (χ0v) is 25.6. The molecule has 0 saturated heterocycles. The number of hydrogen-bond donors (Lipinski definition) is 3. The van der Waals surface area contributed by atoms with Gasteiger partial charge in [0.2, 0.25) is 10.0 Å². The lowest BCUT2D eigenvalue weighted by Gasteiger charge is -2.41. The van der Waals surface area contributed by atoms with Gasteiger partial charge in [0.1, 0.15) is 5.75 Å². The highest BCUT2D eigenvalue weighted by Gasteiger charge is 2.65. The maximum absolute atomic E-state index is 13.5. The predicted molar refractivity (Wildman–Crippen MR) is 156 cm³/mol. The topological polar surface area (TPSA) is 99.0 Å². The summed E-state index contributed by atoms with van der Waals surface area (Å²) in [6.45, 7) is 17.0. The fourth-order valence-corrected chi connectivity index (χ4v) is 9.56. The summed E-state index contributed by atoms with van der Waals surface area (Å²) in [7, 11) is -3.62. The van der Waals surface area contributed by atoms with Crippen LogP contribution in [0.5, 0.6) is 5.75 Å². The average Bonchev–Trinajstić information content (AvgIpc) is 3.11. The summed E-state index contributed by atoms with van der Waals surface area (Å²) >= 11 is 0. The van der Waals surface area contributed by atoms with Crippen molar-refractivity contribution in [2.24, 2.45) is 21.7 Å². The molecule has 214 valence electrons. The van der Waals surface area contributed by atoms with Gasteiger partial charge in [0, 0.05) is 28.8 Å². The Labute approximate surface area is 230 Å². The van der Waals surface area contributed by atoms with E-state index in [1.54, 1.807) is 6.21 Å². The van der Waals surface area contributed by atoms with Crippen molar-refractivity contribution in [1.82, 2.24) is 4.72 Å². The molecule has 0 amide bonds. The Balaban J connectivity index is 1.58. The van der Waals surface area contributed by atoms with Gasteiger partial charge in [-0.05, 0) is 65.9 Å². The highest BCUT2D eigenvalue weighted by molar-refractivity contribution is 7.89. The lowest BCUT2D eigenvalue weighted by molar-refractivity contribution is 0.0151. The van der Waals surface area contributed by atoms with Crippen molar-refractivity contribution in [2.75, 3.05) is 5.75 Å². The second-order valence-corrected chi connectivity index (χ2v) is 16.7. The Kier molecular flexibility index (Phi) is 7.68. The van der Waals surface area contributed by atoms with Crippen LogP contribution in [0.3, 0.4) is 0 Å². The maximum atomic E-state index is 13.5. The molecule has 0 spiro atoms. The normalized spacial score (nSPS) is 31.8. The largest absolute Gasteiger partial charge is 0.507 e. The van der Waals surface area contributed by atoms with E-state index >= 15 is 0 Å². The average molecular weight is 547 g/mol. The molecule has 0 unspecified atom stereocenters. The van der Waals surface area contributed by atoms with Crippen LogP contribution in [0.25, 0.3) is 0 Å². The molecule has 7 heteroatoms. The minimum absolute atomic E-state index is 0.0268. The highest BCUT2D eigenvalue weighted by atomic mass is 32.2. The van der Waals surface area contributed by atoms with Crippen LogP contribution >= 0.6 is 0 Å². The van der Waals surface area contributed by atoms with Crippen molar-refractivity contribution in [3.8, 4) is 5.75 Å². The number of rotatable bonds is 6. The van der Waals surface area contributed by atoms with Gasteiger partial charge in [0.05, 0.1) is 17.9 Å². The smallest absolute Gasteiger partial charge is 0.212 e. The number of aliphatic hydroxyl groups is 1. The Morgan fingerprint density at radius 2 is 1.71 bits per heavy atom. The van der Waals surface area contributed by atoms with Crippen LogP contribution in [0.1, 0.15) is 117 Å². The quantitative estimate of drug-likeness (QED) is 0.391. The lowest BCUT2D eigenvalue weighted by atomic mass is 9.70. The van der Waals surface area contributed by atoms with Crippen molar-refractivity contribution in [3.05, 3.63) is 28.8 Å². The summed E-state index contributed by atoms with van der Waals surface area (Å²) in [6.07, 6.45) is 7.14. The van der Waals surface area contributed by atoms with E-state index in [0.29, 0.717) is 17.9 Å². The summed E-state index contributed by atoms with van der Waals surface area (Å²) in [5.41, 5.74) is 1.62. The molecule has 5 atom stereocenters. The number of aliphatic imine (C=N–C) groups is 1. The molecule has 0 heterocycles. The molecule has 1 aromatic carbocycles. The fraction of sp³-hybridized carbons (Fsp3) is 0.774. The number of aromatic hydroxyl groups is 1. The molecule has 3 aliphatic rings. The van der Waals surface area contributed by atoms with Crippen LogP contribution in [0.4, 0.5) is 0 Å². The molecule has 1 aromatic rings. The molecular weight excluding hydrogens is 496 g/mol. The van der Waals surface area contributed by atoms with Crippen LogP contribution in [-0.4, -0.2) is 48.8 Å². The summed E-state index contributed by atoms with van der Waals surface area (Å²) in [5.74, 6) is 0.602. The minimum atomic E-state index is -3.62. The van der Waals surface area contributed by atoms with Gasteiger partial charge < -0.3 is 10.2 Å². The van der Waals surface area contributed by atoms with Crippen LogP contribution < -0.4 is 4.72 Å². The second kappa shape index (κ2) is 9.88. The number of phenolic OH excluding ortho intramolecular Hbond substituents is 1. The van der Waals surface area contributed by atoms with Crippen molar-refractivity contribution < 1.29 is 18.6 Å². The van der Waals surface area contributed by atoms with Gasteiger partial charge in [-0.25, -0.2) is 13.1 Å². The molecule has 3 fully saturated rings. The lowest BCUT2D eigenvalue weighted by Crippen LogP contribution is -2.51. The molecule has 0 aromatic heterocycles. The van der Waals surface area contributed by atoms with Gasteiger partial charge in [-0.2, -0.15) is 0 Å². The highest BCUT2D eigenvalue weighted by Crippen LogP contribution is 2.66. The third-order valence-electron chi connectivity index (χ3n) is 10.1. The zero-order chi connectivity index (χ0) is 28.3. The van der Waals surface area contributed by atoms with E-state index in [9.17, 15) is 18.6 Å². The van der Waals surface area contributed by atoms with E-state index in [1.165, 1.54) is 0 Å². The Bertz CT molecular complexity index is 1180. The van der Waals surface area contributed by atoms with Gasteiger partial charge in [0.15, 0.2) is 0 Å². The van der Waals surface area contributed by atoms with E-state index in [2.05, 4.69) is 66.2 Å². The summed E-state index contributed by atoms with van der Waals surface area (Å²) in [6, 6.07) is 3.63. The number of phenols is 1. The van der Waals surface area contributed by atoms with E-state index in [1.807, 2.05) is 6.07 Å². The number of fused-ring (bicyclic) bond motifs is 2. The Morgan fingerprint density at radius 1 is 1.05 bits per heavy atom. The number of aliphatic hydroxyl groups excluding tert-OH is 1. The molecule has 3 aliphatic carbocycles. The van der Waals surface area contributed by atoms with Gasteiger partial charge in [-0.3, -0.25) is 4.99 Å². The van der Waals surface area contributed by atoms with Gasteiger partial charge in [-0.1, -0.05) is 74.3 Å². The standard InChI is InChI=1S/C31H50N2O4S/c1-28(2,3)22-15-20(27(35)23(16-22)29(4,5)6)18-32-24-11-9-10-12-25(24)33-38(36,37)19-31-14-13-21(17-26(31)34)30(31,7)8/h15-16,18,21,24-26,33-35H,9-14,17,19H2,1-8H3/t21-,24-,25-,26-,31-/m1/s1. The number of sulfonamides is 1.